The van der Waals surface area contributed by atoms with Crippen LogP contribution in [0, 0.1) is 33.5 Å². The fourth-order valence-electron chi connectivity index (χ4n) is 14.0. The number of rotatable bonds is 13. The summed E-state index contributed by atoms with van der Waals surface area (Å²) < 4.78 is 26.5. The van der Waals surface area contributed by atoms with E-state index in [0.29, 0.717) is 83.8 Å². The van der Waals surface area contributed by atoms with E-state index in [9.17, 15) is 20.1 Å². The van der Waals surface area contributed by atoms with Crippen LogP contribution in [0.15, 0.2) is 42.1 Å². The maximum atomic E-state index is 12.9. The number of amides is 2. The number of carbonyl (C=O) groups is 2. The molecule has 10 heterocycles. The van der Waals surface area contributed by atoms with Gasteiger partial charge in [0.1, 0.15) is 30.6 Å². The molecule has 78 heavy (non-hydrogen) atoms. The summed E-state index contributed by atoms with van der Waals surface area (Å²) in [5.74, 6) is 2.71. The van der Waals surface area contributed by atoms with Gasteiger partial charge in [-0.3, -0.25) is 14.5 Å². The van der Waals surface area contributed by atoms with Crippen LogP contribution in [0.1, 0.15) is 89.4 Å². The van der Waals surface area contributed by atoms with Crippen LogP contribution in [-0.4, -0.2) is 168 Å². The molecule has 0 saturated carbocycles. The zero-order valence-corrected chi connectivity index (χ0v) is 46.6. The summed E-state index contributed by atoms with van der Waals surface area (Å²) >= 11 is 3.47. The van der Waals surface area contributed by atoms with Crippen molar-refractivity contribution in [3.05, 3.63) is 80.7 Å². The van der Waals surface area contributed by atoms with Crippen molar-refractivity contribution in [3.63, 3.8) is 0 Å². The molecule has 18 nitrogen and oxygen atoms in total. The van der Waals surface area contributed by atoms with E-state index in [0.717, 1.165) is 129 Å². The van der Waals surface area contributed by atoms with E-state index in [-0.39, 0.29) is 59.5 Å². The monoisotopic (exact) mass is 1090 g/mol. The zero-order chi connectivity index (χ0) is 53.7. The van der Waals surface area contributed by atoms with Crippen molar-refractivity contribution in [1.82, 2.24) is 39.5 Å². The first-order chi connectivity index (χ1) is 37.9. The van der Waals surface area contributed by atoms with Gasteiger partial charge in [0.05, 0.1) is 61.7 Å². The smallest absolute Gasteiger partial charge is 0.318 e. The maximum Gasteiger partial charge on any atom is 0.318 e. The molecule has 12 rings (SSSR count). The van der Waals surface area contributed by atoms with Crippen molar-refractivity contribution >= 4 is 46.1 Å². The van der Waals surface area contributed by atoms with E-state index in [1.807, 2.05) is 11.3 Å². The van der Waals surface area contributed by atoms with Gasteiger partial charge in [0.2, 0.25) is 11.8 Å². The van der Waals surface area contributed by atoms with Crippen molar-refractivity contribution in [2.75, 3.05) is 103 Å². The molecule has 8 aliphatic rings. The average Bonchev–Trinajstić information content (AvgIpc) is 4.37. The van der Waals surface area contributed by atoms with E-state index >= 15 is 0 Å². The Balaban J connectivity index is 0.749. The van der Waals surface area contributed by atoms with Gasteiger partial charge < -0.3 is 43.4 Å². The second kappa shape index (κ2) is 21.7. The Hall–Kier alpha value is -6.32. The molecule has 0 N–H and O–H groups in total. The Labute approximate surface area is 465 Å². The number of hydrogen-bond acceptors (Lipinski definition) is 18. The predicted octanol–water partition coefficient (Wildman–Crippen LogP) is 6.18. The molecule has 410 valence electrons. The fourth-order valence-corrected chi connectivity index (χ4v) is 16.0. The van der Waals surface area contributed by atoms with Gasteiger partial charge in [0.15, 0.2) is 5.06 Å². The minimum absolute atomic E-state index is 0.0669. The quantitative estimate of drug-likeness (QED) is 0.138. The second-order valence-corrected chi connectivity index (χ2v) is 25.1. The minimum Gasteiger partial charge on any atom is -0.492 e. The molecule has 2 spiro atoms. The van der Waals surface area contributed by atoms with Gasteiger partial charge in [-0.2, -0.15) is 30.5 Å². The van der Waals surface area contributed by atoms with Crippen LogP contribution in [0.4, 0.5) is 11.6 Å². The highest BCUT2D eigenvalue weighted by atomic mass is 32.1. The van der Waals surface area contributed by atoms with Crippen molar-refractivity contribution in [3.8, 4) is 35.0 Å². The molecule has 7 atom stereocenters. The molecule has 7 unspecified atom stereocenters. The molecule has 0 bridgehead atoms. The first kappa shape index (κ1) is 52.4. The number of likely N-dealkylation sites (N-methyl/N-ethyl adjacent to an activating group) is 2. The number of nitriles is 2. The Kier molecular flexibility index (Phi) is 14.6. The number of nitrogens with zero attached hydrogens (tertiary/aromatic N) is 12. The van der Waals surface area contributed by atoms with Gasteiger partial charge in [0, 0.05) is 102 Å². The molecule has 2 aliphatic carbocycles. The van der Waals surface area contributed by atoms with Crippen molar-refractivity contribution < 1.29 is 28.5 Å². The number of anilines is 2. The Morgan fingerprint density at radius 1 is 0.744 bits per heavy atom. The van der Waals surface area contributed by atoms with Crippen LogP contribution in [0.3, 0.4) is 0 Å². The highest BCUT2D eigenvalue weighted by molar-refractivity contribution is 7.12. The lowest BCUT2D eigenvalue weighted by atomic mass is 9.69. The second-order valence-electron chi connectivity index (χ2n) is 23.3. The van der Waals surface area contributed by atoms with Gasteiger partial charge >= 0.3 is 12.0 Å². The third kappa shape index (κ3) is 10.1. The average molecular weight is 1100 g/mol. The predicted molar refractivity (Wildman–Crippen MR) is 297 cm³/mol. The van der Waals surface area contributed by atoms with Crippen LogP contribution in [0.2, 0.25) is 0 Å². The Morgan fingerprint density at radius 2 is 1.35 bits per heavy atom. The number of aromatic nitrogens is 4. The fraction of sp³-hybridized carbons (Fsp3) is 0.586. The molecule has 4 aromatic heterocycles. The number of carbonyl (C=O) groups excluding carboxylic acids is 2. The minimum atomic E-state index is -0.283. The van der Waals surface area contributed by atoms with Gasteiger partial charge in [-0.05, 0) is 120 Å². The first-order valence-electron chi connectivity index (χ1n) is 27.9. The molecule has 2 amide bonds. The summed E-state index contributed by atoms with van der Waals surface area (Å²) in [6, 6.07) is 7.44. The third-order valence-corrected chi connectivity index (χ3v) is 20.3. The summed E-state index contributed by atoms with van der Waals surface area (Å²) in [6.45, 7) is 14.7. The number of ether oxygens (including phenoxy) is 4. The molecule has 4 fully saturated rings. The SMILES string of the molecule is C=CC(=O)N1CCN(c2nc(OCC3CC(c4csc5c4OCC4(CCc6c(nc(OCC7CCCN7C)nc6N6CCN(C(=O)C=C)C(CC#N)C6)C4)C5)CN3C)nc3c2CCC2(COc4sccc4C2)C3)CC1CC#N. The number of thiophene rings is 2. The molecular formula is C58H70N12O6S2. The molecule has 0 aromatic carbocycles. The standard InChI is InChI=1S/C58H70N12O6S2/c1-5-49(71)69-21-19-67(30-39(69)11-16-59)52-43-9-14-57(25-37-13-23-77-54(37)76-36-57)26-46(43)61-56(64-52)74-33-42-24-38(29-66(42)4)45-34-78-48-28-58(35-75-51(45)48)15-10-44-47(27-58)62-55(73-32-41-8-7-18-65(41)3)63-53(44)68-20-22-70(50(72)6-2)40(31-68)12-17-60/h5-6,13,23,34,38-42H,1-2,7-12,14-15,18-22,24-33,35-36H2,3-4H3. The lowest BCUT2D eigenvalue weighted by Gasteiger charge is -2.43. The summed E-state index contributed by atoms with van der Waals surface area (Å²) in [5.41, 5.74) is 6.61. The van der Waals surface area contributed by atoms with Crippen LogP contribution in [0.5, 0.6) is 22.8 Å². The van der Waals surface area contributed by atoms with Gasteiger partial charge in [-0.1, -0.05) is 13.2 Å². The van der Waals surface area contributed by atoms with Gasteiger partial charge in [0.25, 0.3) is 0 Å². The van der Waals surface area contributed by atoms with Gasteiger partial charge in [-0.25, -0.2) is 0 Å². The lowest BCUT2D eigenvalue weighted by Crippen LogP contribution is -2.55. The van der Waals surface area contributed by atoms with E-state index in [2.05, 4.69) is 75.8 Å². The summed E-state index contributed by atoms with van der Waals surface area (Å²) in [5, 5.41) is 25.0. The highest BCUT2D eigenvalue weighted by Crippen LogP contribution is 2.51. The number of hydrogen-bond donors (Lipinski definition) is 0. The summed E-state index contributed by atoms with van der Waals surface area (Å²) in [7, 11) is 4.32. The van der Waals surface area contributed by atoms with Gasteiger partial charge in [-0.15, -0.1) is 22.7 Å². The molecule has 4 aromatic rings. The largest absolute Gasteiger partial charge is 0.492 e. The number of piperazine rings is 2. The molecule has 0 radical (unpaired) electrons. The van der Waals surface area contributed by atoms with E-state index in [1.165, 1.54) is 28.2 Å². The van der Waals surface area contributed by atoms with Crippen LogP contribution in [-0.2, 0) is 48.1 Å². The number of likely N-dealkylation sites (tertiary alicyclic amines) is 2. The summed E-state index contributed by atoms with van der Waals surface area (Å²) in [4.78, 5) is 60.4. The Morgan fingerprint density at radius 3 is 1.94 bits per heavy atom. The molecule has 6 aliphatic heterocycles. The van der Waals surface area contributed by atoms with Crippen LogP contribution >= 0.6 is 22.7 Å². The summed E-state index contributed by atoms with van der Waals surface area (Å²) in [6.07, 6.45) is 13.1. The van der Waals surface area contributed by atoms with E-state index < -0.39 is 0 Å². The van der Waals surface area contributed by atoms with Crippen molar-refractivity contribution in [1.29, 1.82) is 10.5 Å². The van der Waals surface area contributed by atoms with Crippen molar-refractivity contribution in [2.45, 2.75) is 114 Å². The van der Waals surface area contributed by atoms with Crippen molar-refractivity contribution in [2.24, 2.45) is 10.8 Å². The Bertz CT molecular complexity index is 3060. The van der Waals surface area contributed by atoms with Crippen LogP contribution in [0.25, 0.3) is 0 Å². The maximum absolute atomic E-state index is 12.9. The van der Waals surface area contributed by atoms with Crippen LogP contribution < -0.4 is 28.7 Å². The number of fused-ring (bicyclic) bond motifs is 4. The molecule has 4 saturated heterocycles. The normalized spacial score (nSPS) is 27.7. The lowest BCUT2D eigenvalue weighted by molar-refractivity contribution is -0.129. The van der Waals surface area contributed by atoms with E-state index in [1.54, 1.807) is 21.1 Å². The molecular weight excluding hydrogens is 1020 g/mol. The van der Waals surface area contributed by atoms with E-state index in [4.69, 9.17) is 38.9 Å². The third-order valence-electron chi connectivity index (χ3n) is 18.4. The highest BCUT2D eigenvalue weighted by Gasteiger charge is 2.46. The first-order valence-corrected chi connectivity index (χ1v) is 29.7. The zero-order valence-electron chi connectivity index (χ0n) is 45.0. The molecule has 20 heteroatoms. The topological polar surface area (TPSA) is 190 Å².